The first kappa shape index (κ1) is 20.5. The van der Waals surface area contributed by atoms with E-state index in [1.165, 1.54) is 18.2 Å². The zero-order valence-electron chi connectivity index (χ0n) is 13.6. The van der Waals surface area contributed by atoms with Crippen LogP contribution < -0.4 is 0 Å². The summed E-state index contributed by atoms with van der Waals surface area (Å²) in [5.74, 6) is -2.06. The second kappa shape index (κ2) is 10.3. The van der Waals surface area contributed by atoms with Crippen LogP contribution in [0.2, 0.25) is 0 Å². The molecular weight excluding hydrogens is 485 g/mol. The number of carbonyl (C=O) groups is 3. The van der Waals surface area contributed by atoms with Crippen LogP contribution >= 0.6 is 0 Å². The summed E-state index contributed by atoms with van der Waals surface area (Å²) in [6.45, 7) is 10.3. The Hall–Kier alpha value is -1.49. The summed E-state index contributed by atoms with van der Waals surface area (Å²) in [5.41, 5.74) is 2.17. The zero-order valence-corrected chi connectivity index (χ0v) is 17.1. The van der Waals surface area contributed by atoms with E-state index in [4.69, 9.17) is 8.44 Å². The van der Waals surface area contributed by atoms with Gasteiger partial charge in [-0.15, -0.1) is 0 Å². The van der Waals surface area contributed by atoms with Crippen molar-refractivity contribution in [2.45, 2.75) is 41.5 Å². The van der Waals surface area contributed by atoms with E-state index in [1.54, 1.807) is 41.5 Å². The molecule has 0 amide bonds. The van der Waals surface area contributed by atoms with Crippen molar-refractivity contribution in [3.05, 3.63) is 34.9 Å². The predicted molar refractivity (Wildman–Crippen MR) is 82.3 cm³/mol. The summed E-state index contributed by atoms with van der Waals surface area (Å²) in [5, 5.41) is 0. The molecule has 6 nitrogen and oxygen atoms in total. The molecule has 0 saturated heterocycles. The molecule has 7 heteroatoms. The number of carbonyl (C=O) groups excluding carboxylic acids is 3. The third-order valence-electron chi connectivity index (χ3n) is 1.71. The number of rotatable bonds is 6. The van der Waals surface area contributed by atoms with Crippen molar-refractivity contribution in [2.24, 2.45) is 0 Å². The summed E-state index contributed by atoms with van der Waals surface area (Å²) in [6.07, 6.45) is 3.73. The van der Waals surface area contributed by atoms with Crippen molar-refractivity contribution in [2.75, 3.05) is 0 Å². The van der Waals surface area contributed by atoms with Gasteiger partial charge in [-0.3, -0.25) is 0 Å². The van der Waals surface area contributed by atoms with Crippen LogP contribution in [0.3, 0.4) is 0 Å². The molecule has 0 fully saturated rings. The topological polar surface area (TPSA) is 78.9 Å². The summed E-state index contributed by atoms with van der Waals surface area (Å²) in [7, 11) is 0. The Labute approximate surface area is 140 Å². The van der Waals surface area contributed by atoms with Crippen molar-refractivity contribution >= 4 is 41.0 Å². The Balaban J connectivity index is 4.98. The van der Waals surface area contributed by atoms with Crippen LogP contribution in [0.4, 0.5) is 0 Å². The first-order valence-corrected chi connectivity index (χ1v) is 10.8. The third-order valence-corrected chi connectivity index (χ3v) is 5.55. The summed E-state index contributed by atoms with van der Waals surface area (Å²) in [6, 6.07) is 0. The van der Waals surface area contributed by atoms with Crippen molar-refractivity contribution < 1.29 is 22.8 Å². The van der Waals surface area contributed by atoms with Crippen molar-refractivity contribution in [1.29, 1.82) is 0 Å². The standard InChI is InChI=1S/3C5H8O2.Bi/c3*1-4(2)3-5(6)7;/h3*3H,1-2H3,(H,6,7);/q;;;+3/p-3. The van der Waals surface area contributed by atoms with E-state index in [0.29, 0.717) is 0 Å². The summed E-state index contributed by atoms with van der Waals surface area (Å²) in [4.78, 5) is 34.8. The van der Waals surface area contributed by atoms with Crippen molar-refractivity contribution in [1.82, 2.24) is 0 Å². The second-order valence-corrected chi connectivity index (χ2v) is 8.99. The molecule has 0 N–H and O–H groups in total. The number of hydrogen-bond donors (Lipinski definition) is 0. The van der Waals surface area contributed by atoms with Crippen LogP contribution in [-0.2, 0) is 22.8 Å². The van der Waals surface area contributed by atoms with Crippen molar-refractivity contribution in [3.63, 3.8) is 0 Å². The molecule has 0 rings (SSSR count). The van der Waals surface area contributed by atoms with E-state index in [-0.39, 0.29) is 0 Å². The average Bonchev–Trinajstić information content (AvgIpc) is 2.23. The molecule has 0 aromatic carbocycles. The van der Waals surface area contributed by atoms with Crippen LogP contribution in [0.1, 0.15) is 41.5 Å². The van der Waals surface area contributed by atoms with Gasteiger partial charge in [-0.1, -0.05) is 0 Å². The van der Waals surface area contributed by atoms with Crippen LogP contribution in [0.15, 0.2) is 34.9 Å². The fraction of sp³-hybridized carbons (Fsp3) is 0.400. The van der Waals surface area contributed by atoms with Gasteiger partial charge >= 0.3 is 140 Å². The summed E-state index contributed by atoms with van der Waals surface area (Å²) < 4.78 is 15.0. The van der Waals surface area contributed by atoms with Crippen LogP contribution in [0.5, 0.6) is 0 Å². The number of allylic oxidation sites excluding steroid dienone is 3. The maximum absolute atomic E-state index is 11.6. The Morgan fingerprint density at radius 2 is 0.818 bits per heavy atom. The van der Waals surface area contributed by atoms with Crippen LogP contribution in [0, 0.1) is 0 Å². The van der Waals surface area contributed by atoms with Gasteiger partial charge in [0.05, 0.1) is 0 Å². The quantitative estimate of drug-likeness (QED) is 0.407. The Kier molecular flexibility index (Phi) is 9.58. The third kappa shape index (κ3) is 11.2. The fourth-order valence-electron chi connectivity index (χ4n) is 1.06. The molecule has 0 aromatic rings. The second-order valence-electron chi connectivity index (χ2n) is 5.12. The maximum atomic E-state index is 11.6. The van der Waals surface area contributed by atoms with Gasteiger partial charge in [0.1, 0.15) is 0 Å². The molecule has 0 aliphatic carbocycles. The van der Waals surface area contributed by atoms with Gasteiger partial charge in [0, 0.05) is 0 Å². The van der Waals surface area contributed by atoms with Gasteiger partial charge < -0.3 is 0 Å². The van der Waals surface area contributed by atoms with Gasteiger partial charge in [0.2, 0.25) is 0 Å². The molecule has 0 aliphatic rings. The first-order chi connectivity index (χ1) is 10.1. The van der Waals surface area contributed by atoms with E-state index in [2.05, 4.69) is 0 Å². The minimum atomic E-state index is -3.98. The molecule has 0 aliphatic heterocycles. The van der Waals surface area contributed by atoms with Crippen molar-refractivity contribution in [3.8, 4) is 0 Å². The van der Waals surface area contributed by atoms with E-state index in [0.717, 1.165) is 16.7 Å². The van der Waals surface area contributed by atoms with Gasteiger partial charge in [0.15, 0.2) is 0 Å². The van der Waals surface area contributed by atoms with Gasteiger partial charge in [-0.2, -0.15) is 0 Å². The molecular formula is C15H21BiO6. The molecule has 0 atom stereocenters. The monoisotopic (exact) mass is 506 g/mol. The molecule has 0 aromatic heterocycles. The van der Waals surface area contributed by atoms with Crippen LogP contribution in [0.25, 0.3) is 0 Å². The molecule has 0 radical (unpaired) electrons. The molecule has 0 saturated carbocycles. The first-order valence-electron chi connectivity index (χ1n) is 6.50. The average molecular weight is 506 g/mol. The molecule has 0 heterocycles. The molecule has 122 valence electrons. The predicted octanol–water partition coefficient (Wildman–Crippen LogP) is 2.50. The van der Waals surface area contributed by atoms with Crippen LogP contribution in [-0.4, -0.2) is 41.0 Å². The van der Waals surface area contributed by atoms with Gasteiger partial charge in [-0.05, 0) is 0 Å². The summed E-state index contributed by atoms with van der Waals surface area (Å²) >= 11 is -3.98. The molecule has 22 heavy (non-hydrogen) atoms. The van der Waals surface area contributed by atoms with Gasteiger partial charge in [0.25, 0.3) is 0 Å². The number of hydrogen-bond acceptors (Lipinski definition) is 6. The van der Waals surface area contributed by atoms with E-state index < -0.39 is 41.0 Å². The Morgan fingerprint density at radius 3 is 1.00 bits per heavy atom. The Morgan fingerprint density at radius 1 is 0.591 bits per heavy atom. The van der Waals surface area contributed by atoms with E-state index >= 15 is 0 Å². The SMILES string of the molecule is CC(C)=CC(=O)[O][Bi]([O]C(=O)C=C(C)C)[O]C(=O)C=C(C)C. The van der Waals surface area contributed by atoms with E-state index in [1.807, 2.05) is 0 Å². The zero-order chi connectivity index (χ0) is 17.3. The van der Waals surface area contributed by atoms with E-state index in [9.17, 15) is 14.4 Å². The molecule has 0 spiro atoms. The fourth-order valence-corrected chi connectivity index (χ4v) is 3.83. The van der Waals surface area contributed by atoms with Gasteiger partial charge in [-0.25, -0.2) is 0 Å². The Bertz CT molecular complexity index is 442. The normalized spacial score (nSPS) is 9.41. The molecule has 0 bridgehead atoms. The molecule has 0 unspecified atom stereocenters. The minimum absolute atomic E-state index is 0.687.